The molecule has 0 heterocycles. The lowest BCUT2D eigenvalue weighted by Crippen LogP contribution is -2.13. The van der Waals surface area contributed by atoms with Gasteiger partial charge < -0.3 is 9.47 Å². The average molecular weight is 279 g/mol. The Labute approximate surface area is 97.4 Å². The van der Waals surface area contributed by atoms with Crippen molar-refractivity contribution in [2.24, 2.45) is 17.8 Å². The molecule has 0 aromatic carbocycles. The number of carbonyl (C=O) groups excluding carboxylic acids is 2. The Kier molecular flexibility index (Phi) is 4.57. The van der Waals surface area contributed by atoms with Crippen LogP contribution in [0.5, 0.6) is 0 Å². The van der Waals surface area contributed by atoms with Crippen LogP contribution >= 0.6 is 15.9 Å². The summed E-state index contributed by atoms with van der Waals surface area (Å²) in [6.45, 7) is 4.20. The van der Waals surface area contributed by atoms with Crippen LogP contribution in [-0.4, -0.2) is 30.5 Å². The number of alkyl halides is 1. The molecule has 1 fully saturated rings. The molecular weight excluding hydrogens is 264 g/mol. The van der Waals surface area contributed by atoms with E-state index in [1.165, 1.54) is 0 Å². The summed E-state index contributed by atoms with van der Waals surface area (Å²) >= 11 is 3.28. The first-order chi connectivity index (χ1) is 7.17. The van der Waals surface area contributed by atoms with Gasteiger partial charge in [0.05, 0.1) is 25.0 Å². The maximum Gasteiger partial charge on any atom is 0.310 e. The molecule has 0 spiro atoms. The van der Waals surface area contributed by atoms with E-state index in [-0.39, 0.29) is 29.7 Å². The third-order valence-electron chi connectivity index (χ3n) is 2.46. The zero-order chi connectivity index (χ0) is 11.4. The second-order valence-electron chi connectivity index (χ2n) is 3.37. The van der Waals surface area contributed by atoms with E-state index in [4.69, 9.17) is 9.47 Å². The Bertz CT molecular complexity index is 230. The first-order valence-electron chi connectivity index (χ1n) is 5.06. The predicted molar refractivity (Wildman–Crippen MR) is 57.5 cm³/mol. The van der Waals surface area contributed by atoms with Gasteiger partial charge in [0.15, 0.2) is 0 Å². The van der Waals surface area contributed by atoms with Crippen LogP contribution in [0.3, 0.4) is 0 Å². The molecule has 86 valence electrons. The smallest absolute Gasteiger partial charge is 0.310 e. The fraction of sp³-hybridized carbons (Fsp3) is 0.800. The van der Waals surface area contributed by atoms with Gasteiger partial charge in [-0.25, -0.2) is 0 Å². The van der Waals surface area contributed by atoms with Crippen molar-refractivity contribution in [1.82, 2.24) is 0 Å². The van der Waals surface area contributed by atoms with Crippen molar-refractivity contribution in [3.63, 3.8) is 0 Å². The molecule has 1 aliphatic carbocycles. The van der Waals surface area contributed by atoms with Crippen LogP contribution in [0.2, 0.25) is 0 Å². The summed E-state index contributed by atoms with van der Waals surface area (Å²) in [7, 11) is 0. The highest BCUT2D eigenvalue weighted by Crippen LogP contribution is 2.48. The molecule has 0 amide bonds. The Morgan fingerprint density at radius 2 is 1.47 bits per heavy atom. The number of halogens is 1. The fourth-order valence-electron chi connectivity index (χ4n) is 1.69. The number of hydrogen-bond donors (Lipinski definition) is 0. The first kappa shape index (κ1) is 12.5. The standard InChI is InChI=1S/C10H15BrO4/c1-3-14-9(12)7-6(5-11)8(7)10(13)15-4-2/h6-8H,3-5H2,1-2H3/t6?,7-,8+. The van der Waals surface area contributed by atoms with E-state index in [1.54, 1.807) is 13.8 Å². The van der Waals surface area contributed by atoms with Crippen LogP contribution in [0.1, 0.15) is 13.8 Å². The largest absolute Gasteiger partial charge is 0.466 e. The lowest BCUT2D eigenvalue weighted by Gasteiger charge is -2.00. The SMILES string of the molecule is CCOC(=O)[C@@H]1C(CBr)[C@@H]1C(=O)OCC. The van der Waals surface area contributed by atoms with Crippen LogP contribution < -0.4 is 0 Å². The average Bonchev–Trinajstić information content (AvgIpc) is 2.92. The topological polar surface area (TPSA) is 52.6 Å². The van der Waals surface area contributed by atoms with Gasteiger partial charge in [-0.15, -0.1) is 0 Å². The van der Waals surface area contributed by atoms with E-state index in [0.29, 0.717) is 18.5 Å². The predicted octanol–water partition coefficient (Wildman–Crippen LogP) is 1.37. The normalized spacial score (nSPS) is 28.3. The summed E-state index contributed by atoms with van der Waals surface area (Å²) in [6.07, 6.45) is 0. The highest BCUT2D eigenvalue weighted by molar-refractivity contribution is 9.09. The maximum atomic E-state index is 11.4. The second-order valence-corrected chi connectivity index (χ2v) is 4.02. The van der Waals surface area contributed by atoms with Crippen molar-refractivity contribution >= 4 is 27.9 Å². The summed E-state index contributed by atoms with van der Waals surface area (Å²) < 4.78 is 9.78. The van der Waals surface area contributed by atoms with Gasteiger partial charge in [0.1, 0.15) is 0 Å². The molecule has 3 atom stereocenters. The van der Waals surface area contributed by atoms with Gasteiger partial charge in [-0.3, -0.25) is 9.59 Å². The number of rotatable bonds is 5. The molecule has 5 heteroatoms. The third kappa shape index (κ3) is 2.71. The minimum atomic E-state index is -0.316. The van der Waals surface area contributed by atoms with Gasteiger partial charge in [0.25, 0.3) is 0 Å². The zero-order valence-corrected chi connectivity index (χ0v) is 10.5. The van der Waals surface area contributed by atoms with Crippen LogP contribution in [0.15, 0.2) is 0 Å². The van der Waals surface area contributed by atoms with Crippen molar-refractivity contribution in [3.05, 3.63) is 0 Å². The number of ether oxygens (including phenoxy) is 2. The Balaban J connectivity index is 2.53. The minimum absolute atomic E-state index is 0.0306. The summed E-state index contributed by atoms with van der Waals surface area (Å²) in [5, 5.41) is 0.625. The van der Waals surface area contributed by atoms with E-state index < -0.39 is 0 Å². The van der Waals surface area contributed by atoms with Crippen molar-refractivity contribution in [1.29, 1.82) is 0 Å². The lowest BCUT2D eigenvalue weighted by molar-refractivity contribution is -0.150. The van der Waals surface area contributed by atoms with E-state index >= 15 is 0 Å². The quantitative estimate of drug-likeness (QED) is 0.563. The fourth-order valence-corrected chi connectivity index (χ4v) is 2.49. The molecule has 0 saturated heterocycles. The maximum absolute atomic E-state index is 11.4. The van der Waals surface area contributed by atoms with Crippen molar-refractivity contribution in [2.45, 2.75) is 13.8 Å². The van der Waals surface area contributed by atoms with Gasteiger partial charge in [0.2, 0.25) is 0 Å². The molecule has 0 radical (unpaired) electrons. The highest BCUT2D eigenvalue weighted by atomic mass is 79.9. The number of hydrogen-bond acceptors (Lipinski definition) is 4. The molecule has 0 aromatic heterocycles. The van der Waals surface area contributed by atoms with Crippen LogP contribution in [0.25, 0.3) is 0 Å². The van der Waals surface area contributed by atoms with Gasteiger partial charge in [-0.05, 0) is 19.8 Å². The van der Waals surface area contributed by atoms with Crippen molar-refractivity contribution < 1.29 is 19.1 Å². The Morgan fingerprint density at radius 1 is 1.07 bits per heavy atom. The molecule has 1 aliphatic rings. The summed E-state index contributed by atoms with van der Waals surface area (Å²) in [6, 6.07) is 0. The van der Waals surface area contributed by atoms with Crippen molar-refractivity contribution in [3.8, 4) is 0 Å². The van der Waals surface area contributed by atoms with E-state index in [9.17, 15) is 9.59 Å². The minimum Gasteiger partial charge on any atom is -0.466 e. The van der Waals surface area contributed by atoms with Gasteiger partial charge in [-0.1, -0.05) is 15.9 Å². The van der Waals surface area contributed by atoms with Gasteiger partial charge in [-0.2, -0.15) is 0 Å². The van der Waals surface area contributed by atoms with E-state index in [0.717, 1.165) is 0 Å². The lowest BCUT2D eigenvalue weighted by atomic mass is 10.3. The molecule has 0 N–H and O–H groups in total. The summed E-state index contributed by atoms with van der Waals surface area (Å²) in [5.74, 6) is -1.19. The Hall–Kier alpha value is -0.580. The highest BCUT2D eigenvalue weighted by Gasteiger charge is 2.60. The van der Waals surface area contributed by atoms with Gasteiger partial charge in [0, 0.05) is 5.33 Å². The molecular formula is C10H15BrO4. The number of esters is 2. The Morgan fingerprint density at radius 3 is 1.73 bits per heavy atom. The molecule has 0 bridgehead atoms. The van der Waals surface area contributed by atoms with Crippen LogP contribution in [0, 0.1) is 17.8 Å². The third-order valence-corrected chi connectivity index (χ3v) is 3.21. The van der Waals surface area contributed by atoms with E-state index in [1.807, 2.05) is 0 Å². The molecule has 1 rings (SSSR count). The molecule has 0 aromatic rings. The molecule has 4 nitrogen and oxygen atoms in total. The van der Waals surface area contributed by atoms with Gasteiger partial charge >= 0.3 is 11.9 Å². The van der Waals surface area contributed by atoms with Crippen LogP contribution in [0.4, 0.5) is 0 Å². The summed E-state index contributed by atoms with van der Waals surface area (Å²) in [5.41, 5.74) is 0. The van der Waals surface area contributed by atoms with Crippen molar-refractivity contribution in [2.75, 3.05) is 18.5 Å². The monoisotopic (exact) mass is 278 g/mol. The molecule has 1 saturated carbocycles. The first-order valence-corrected chi connectivity index (χ1v) is 6.18. The second kappa shape index (κ2) is 5.49. The molecule has 0 aliphatic heterocycles. The zero-order valence-electron chi connectivity index (χ0n) is 8.86. The number of carbonyl (C=O) groups is 2. The van der Waals surface area contributed by atoms with E-state index in [2.05, 4.69) is 15.9 Å². The molecule has 1 unspecified atom stereocenters. The summed E-state index contributed by atoms with van der Waals surface area (Å²) in [4.78, 5) is 22.9. The molecule has 15 heavy (non-hydrogen) atoms. The van der Waals surface area contributed by atoms with Crippen LogP contribution in [-0.2, 0) is 19.1 Å².